The number of anilines is 1. The highest BCUT2D eigenvalue weighted by Crippen LogP contribution is 2.35. The van der Waals surface area contributed by atoms with Crippen LogP contribution in [0, 0.1) is 5.92 Å². The second kappa shape index (κ2) is 11.0. The van der Waals surface area contributed by atoms with Crippen molar-refractivity contribution in [2.24, 2.45) is 5.92 Å². The van der Waals surface area contributed by atoms with Crippen molar-refractivity contribution in [3.63, 3.8) is 0 Å². The molecule has 3 aromatic rings. The number of thioether (sulfide) groups is 1. The minimum Gasteiger partial charge on any atom is -0.497 e. The molecule has 186 valence electrons. The van der Waals surface area contributed by atoms with E-state index in [0.29, 0.717) is 48.3 Å². The predicted molar refractivity (Wildman–Crippen MR) is 139 cm³/mol. The van der Waals surface area contributed by atoms with Crippen LogP contribution in [0.25, 0.3) is 11.3 Å². The Morgan fingerprint density at radius 1 is 1.11 bits per heavy atom. The molecular formula is C24H27N3O5S3. The van der Waals surface area contributed by atoms with Crippen molar-refractivity contribution in [3.8, 4) is 22.8 Å². The number of ether oxygens (including phenoxy) is 2. The van der Waals surface area contributed by atoms with E-state index in [-0.39, 0.29) is 16.7 Å². The van der Waals surface area contributed by atoms with Crippen molar-refractivity contribution in [2.45, 2.75) is 22.6 Å². The standard InChI is InChI=1S/C24H27N3O5S3/c1-31-17-4-9-20(22(14-17)32-2)21-15-34-24(25-21)26-23(28)16-10-12-27(13-11-16)35(29,30)19-7-5-18(33-3)6-8-19/h4-9,14-16H,10-13H2,1-3H3,(H,25,26,28). The summed E-state index contributed by atoms with van der Waals surface area (Å²) in [6.45, 7) is 0.605. The van der Waals surface area contributed by atoms with Gasteiger partial charge in [0, 0.05) is 40.9 Å². The van der Waals surface area contributed by atoms with Gasteiger partial charge in [-0.15, -0.1) is 23.1 Å². The predicted octanol–water partition coefficient (Wildman–Crippen LogP) is 4.59. The van der Waals surface area contributed by atoms with E-state index in [1.54, 1.807) is 44.2 Å². The lowest BCUT2D eigenvalue weighted by atomic mass is 9.97. The third-order valence-electron chi connectivity index (χ3n) is 5.94. The largest absolute Gasteiger partial charge is 0.497 e. The fourth-order valence-electron chi connectivity index (χ4n) is 3.93. The van der Waals surface area contributed by atoms with Crippen LogP contribution in [-0.2, 0) is 14.8 Å². The molecule has 1 fully saturated rings. The molecule has 1 aliphatic rings. The highest BCUT2D eigenvalue weighted by atomic mass is 32.2. The number of piperidine rings is 1. The van der Waals surface area contributed by atoms with E-state index in [0.717, 1.165) is 10.5 Å². The summed E-state index contributed by atoms with van der Waals surface area (Å²) >= 11 is 2.90. The van der Waals surface area contributed by atoms with Crippen molar-refractivity contribution < 1.29 is 22.7 Å². The average molecular weight is 534 g/mol. The van der Waals surface area contributed by atoms with Gasteiger partial charge in [0.1, 0.15) is 11.5 Å². The number of amides is 1. The Morgan fingerprint density at radius 3 is 2.46 bits per heavy atom. The van der Waals surface area contributed by atoms with E-state index in [4.69, 9.17) is 9.47 Å². The Morgan fingerprint density at radius 2 is 1.83 bits per heavy atom. The highest BCUT2D eigenvalue weighted by Gasteiger charge is 2.32. The lowest BCUT2D eigenvalue weighted by Crippen LogP contribution is -2.41. The minimum absolute atomic E-state index is 0.144. The van der Waals surface area contributed by atoms with Gasteiger partial charge in [0.25, 0.3) is 0 Å². The molecule has 1 aromatic heterocycles. The smallest absolute Gasteiger partial charge is 0.243 e. The van der Waals surface area contributed by atoms with Crippen LogP contribution in [0.15, 0.2) is 57.6 Å². The average Bonchev–Trinajstić information content (AvgIpc) is 3.36. The van der Waals surface area contributed by atoms with Gasteiger partial charge in [0.05, 0.1) is 24.8 Å². The van der Waals surface area contributed by atoms with E-state index in [1.165, 1.54) is 15.6 Å². The lowest BCUT2D eigenvalue weighted by molar-refractivity contribution is -0.120. The molecule has 0 unspecified atom stereocenters. The normalized spacial score (nSPS) is 15.1. The summed E-state index contributed by atoms with van der Waals surface area (Å²) in [7, 11) is -0.399. The molecule has 0 bridgehead atoms. The third-order valence-corrected chi connectivity index (χ3v) is 9.36. The summed E-state index contributed by atoms with van der Waals surface area (Å²) in [6.07, 6.45) is 2.86. The first kappa shape index (κ1) is 25.5. The topological polar surface area (TPSA) is 97.8 Å². The van der Waals surface area contributed by atoms with E-state index >= 15 is 0 Å². The van der Waals surface area contributed by atoms with Gasteiger partial charge in [-0.25, -0.2) is 13.4 Å². The van der Waals surface area contributed by atoms with Gasteiger partial charge in [-0.2, -0.15) is 4.31 Å². The minimum atomic E-state index is -3.57. The maximum absolute atomic E-state index is 13.0. The van der Waals surface area contributed by atoms with Gasteiger partial charge < -0.3 is 14.8 Å². The number of carbonyl (C=O) groups excluding carboxylic acids is 1. The number of nitrogens with zero attached hydrogens (tertiary/aromatic N) is 2. The van der Waals surface area contributed by atoms with Crippen molar-refractivity contribution in [1.29, 1.82) is 0 Å². The first-order chi connectivity index (χ1) is 16.8. The Bertz CT molecular complexity index is 1280. The van der Waals surface area contributed by atoms with Crippen LogP contribution < -0.4 is 14.8 Å². The molecule has 0 saturated carbocycles. The molecule has 1 N–H and O–H groups in total. The number of aromatic nitrogens is 1. The second-order valence-corrected chi connectivity index (χ2v) is 11.6. The number of benzene rings is 2. The zero-order valence-corrected chi connectivity index (χ0v) is 22.1. The van der Waals surface area contributed by atoms with Crippen LogP contribution in [0.3, 0.4) is 0 Å². The van der Waals surface area contributed by atoms with Crippen molar-refractivity contribution in [1.82, 2.24) is 9.29 Å². The van der Waals surface area contributed by atoms with Crippen LogP contribution in [-0.4, -0.2) is 57.2 Å². The lowest BCUT2D eigenvalue weighted by Gasteiger charge is -2.30. The molecule has 4 rings (SSSR count). The number of sulfonamides is 1. The molecule has 2 aromatic carbocycles. The summed E-state index contributed by atoms with van der Waals surface area (Å²) in [4.78, 5) is 18.7. The first-order valence-corrected chi connectivity index (χ1v) is 14.5. The number of hydrogen-bond acceptors (Lipinski definition) is 8. The van der Waals surface area contributed by atoms with E-state index in [2.05, 4.69) is 10.3 Å². The van der Waals surface area contributed by atoms with E-state index < -0.39 is 10.0 Å². The SMILES string of the molecule is COc1ccc(-c2csc(NC(=O)C3CCN(S(=O)(=O)c4ccc(SC)cc4)CC3)n2)c(OC)c1. The number of carbonyl (C=O) groups is 1. The summed E-state index contributed by atoms with van der Waals surface area (Å²) < 4.78 is 38.1. The molecule has 2 heterocycles. The Kier molecular flexibility index (Phi) is 8.00. The molecular weight excluding hydrogens is 506 g/mol. The molecule has 0 spiro atoms. The van der Waals surface area contributed by atoms with Crippen molar-refractivity contribution >= 4 is 44.2 Å². The molecule has 1 aliphatic heterocycles. The summed E-state index contributed by atoms with van der Waals surface area (Å²) in [5.41, 5.74) is 1.49. The molecule has 0 aliphatic carbocycles. The highest BCUT2D eigenvalue weighted by molar-refractivity contribution is 7.98. The Hall–Kier alpha value is -2.60. The number of thiazole rings is 1. The van der Waals surface area contributed by atoms with Crippen LogP contribution in [0.2, 0.25) is 0 Å². The monoisotopic (exact) mass is 533 g/mol. The van der Waals surface area contributed by atoms with Gasteiger partial charge in [-0.3, -0.25) is 4.79 Å². The quantitative estimate of drug-likeness (QED) is 0.423. The fraction of sp³-hybridized carbons (Fsp3) is 0.333. The van der Waals surface area contributed by atoms with Gasteiger partial charge in [0.15, 0.2) is 5.13 Å². The zero-order chi connectivity index (χ0) is 25.0. The van der Waals surface area contributed by atoms with Crippen molar-refractivity contribution in [2.75, 3.05) is 38.9 Å². The van der Waals surface area contributed by atoms with Crippen LogP contribution in [0.1, 0.15) is 12.8 Å². The third kappa shape index (κ3) is 5.64. The molecule has 8 nitrogen and oxygen atoms in total. The van der Waals surface area contributed by atoms with Crippen LogP contribution in [0.4, 0.5) is 5.13 Å². The number of methoxy groups -OCH3 is 2. The molecule has 1 saturated heterocycles. The summed E-state index contributed by atoms with van der Waals surface area (Å²) in [5.74, 6) is 0.890. The maximum atomic E-state index is 13.0. The van der Waals surface area contributed by atoms with E-state index in [9.17, 15) is 13.2 Å². The summed E-state index contributed by atoms with van der Waals surface area (Å²) in [6, 6.07) is 12.4. The zero-order valence-electron chi connectivity index (χ0n) is 19.7. The van der Waals surface area contributed by atoms with Gasteiger partial charge in [-0.05, 0) is 55.5 Å². The first-order valence-electron chi connectivity index (χ1n) is 11.0. The number of rotatable bonds is 8. The number of hydrogen-bond donors (Lipinski definition) is 1. The molecule has 11 heteroatoms. The van der Waals surface area contributed by atoms with E-state index in [1.807, 2.05) is 35.9 Å². The van der Waals surface area contributed by atoms with Crippen LogP contribution >= 0.6 is 23.1 Å². The maximum Gasteiger partial charge on any atom is 0.243 e. The van der Waals surface area contributed by atoms with Crippen LogP contribution in [0.5, 0.6) is 11.5 Å². The number of nitrogens with one attached hydrogen (secondary N) is 1. The molecule has 0 atom stereocenters. The molecule has 35 heavy (non-hydrogen) atoms. The fourth-order valence-corrected chi connectivity index (χ4v) is 6.52. The van der Waals surface area contributed by atoms with Crippen molar-refractivity contribution in [3.05, 3.63) is 47.8 Å². The Balaban J connectivity index is 1.37. The van der Waals surface area contributed by atoms with Gasteiger partial charge >= 0.3 is 0 Å². The molecule has 0 radical (unpaired) electrons. The second-order valence-electron chi connectivity index (χ2n) is 7.95. The van der Waals surface area contributed by atoms with Gasteiger partial charge in [-0.1, -0.05) is 0 Å². The molecule has 1 amide bonds. The summed E-state index contributed by atoms with van der Waals surface area (Å²) in [5, 5.41) is 5.24. The van der Waals surface area contributed by atoms with Gasteiger partial charge in [0.2, 0.25) is 15.9 Å². The Labute approximate surface area is 213 Å².